The van der Waals surface area contributed by atoms with E-state index in [1.807, 2.05) is 0 Å². The van der Waals surface area contributed by atoms with Crippen LogP contribution < -0.4 is 0 Å². The molecular formula is C8H6F2INO2. The molecule has 0 saturated carbocycles. The number of carbonyl (C=O) groups is 1. The van der Waals surface area contributed by atoms with Gasteiger partial charge in [0.1, 0.15) is 5.69 Å². The van der Waals surface area contributed by atoms with Gasteiger partial charge in [-0.15, -0.1) is 0 Å². The molecule has 0 radical (unpaired) electrons. The minimum absolute atomic E-state index is 0.110. The molecule has 0 fully saturated rings. The number of halogens is 3. The Balaban J connectivity index is 3.20. The number of carbonyl (C=O) groups excluding carboxylic acids is 1. The maximum atomic E-state index is 12.4. The predicted octanol–water partition coefficient (Wildman–Crippen LogP) is 2.41. The van der Waals surface area contributed by atoms with Crippen molar-refractivity contribution < 1.29 is 18.3 Å². The first-order valence-electron chi connectivity index (χ1n) is 3.58. The van der Waals surface area contributed by atoms with E-state index >= 15 is 0 Å². The zero-order valence-electron chi connectivity index (χ0n) is 7.13. The van der Waals surface area contributed by atoms with Crippen LogP contribution in [0.5, 0.6) is 0 Å². The Hall–Kier alpha value is -0.790. The number of pyridine rings is 1. The van der Waals surface area contributed by atoms with Gasteiger partial charge in [-0.25, -0.2) is 13.6 Å². The second kappa shape index (κ2) is 4.63. The molecule has 0 aliphatic heterocycles. The van der Waals surface area contributed by atoms with Crippen molar-refractivity contribution in [2.45, 2.75) is 6.43 Å². The summed E-state index contributed by atoms with van der Waals surface area (Å²) >= 11 is 1.65. The summed E-state index contributed by atoms with van der Waals surface area (Å²) in [6.45, 7) is 0. The van der Waals surface area contributed by atoms with Crippen LogP contribution in [0.3, 0.4) is 0 Å². The lowest BCUT2D eigenvalue weighted by Crippen LogP contribution is -2.07. The lowest BCUT2D eigenvalue weighted by molar-refractivity contribution is 0.0598. The van der Waals surface area contributed by atoms with Crippen LogP contribution in [0.4, 0.5) is 8.78 Å². The van der Waals surface area contributed by atoms with Crippen molar-refractivity contribution in [2.24, 2.45) is 0 Å². The molecule has 76 valence electrons. The Labute approximate surface area is 92.6 Å². The highest BCUT2D eigenvalue weighted by molar-refractivity contribution is 14.1. The summed E-state index contributed by atoms with van der Waals surface area (Å²) in [5.74, 6) is -0.640. The van der Waals surface area contributed by atoms with Crippen molar-refractivity contribution in [1.82, 2.24) is 4.98 Å². The summed E-state index contributed by atoms with van der Waals surface area (Å²) in [4.78, 5) is 14.6. The largest absolute Gasteiger partial charge is 0.465 e. The SMILES string of the molecule is COC(=O)c1ccnc(C(F)F)c1I. The molecule has 0 bridgehead atoms. The minimum Gasteiger partial charge on any atom is -0.465 e. The highest BCUT2D eigenvalue weighted by Crippen LogP contribution is 2.24. The van der Waals surface area contributed by atoms with E-state index in [0.29, 0.717) is 0 Å². The molecule has 0 unspecified atom stereocenters. The zero-order chi connectivity index (χ0) is 10.7. The fourth-order valence-corrected chi connectivity index (χ4v) is 1.65. The zero-order valence-corrected chi connectivity index (χ0v) is 9.29. The molecule has 0 amide bonds. The van der Waals surface area contributed by atoms with Crippen LogP contribution in [0.2, 0.25) is 0 Å². The summed E-state index contributed by atoms with van der Waals surface area (Å²) in [5.41, 5.74) is -0.285. The smallest absolute Gasteiger partial charge is 0.339 e. The van der Waals surface area contributed by atoms with Gasteiger partial charge < -0.3 is 4.74 Å². The van der Waals surface area contributed by atoms with E-state index in [-0.39, 0.29) is 9.13 Å². The number of ether oxygens (including phenoxy) is 1. The van der Waals surface area contributed by atoms with E-state index in [9.17, 15) is 13.6 Å². The van der Waals surface area contributed by atoms with Crippen molar-refractivity contribution in [2.75, 3.05) is 7.11 Å². The minimum atomic E-state index is -2.69. The quantitative estimate of drug-likeness (QED) is 0.622. The first-order valence-corrected chi connectivity index (χ1v) is 4.66. The van der Waals surface area contributed by atoms with Crippen LogP contribution in [0, 0.1) is 3.57 Å². The summed E-state index contributed by atoms with van der Waals surface area (Å²) < 4.78 is 29.3. The summed E-state index contributed by atoms with van der Waals surface area (Å²) in [6.07, 6.45) is -1.53. The molecular weight excluding hydrogens is 307 g/mol. The Morgan fingerprint density at radius 1 is 1.64 bits per heavy atom. The Morgan fingerprint density at radius 2 is 2.29 bits per heavy atom. The van der Waals surface area contributed by atoms with E-state index < -0.39 is 18.1 Å². The maximum Gasteiger partial charge on any atom is 0.339 e. The lowest BCUT2D eigenvalue weighted by Gasteiger charge is -2.06. The summed E-state index contributed by atoms with van der Waals surface area (Å²) in [7, 11) is 1.20. The first kappa shape index (κ1) is 11.3. The van der Waals surface area contributed by atoms with Gasteiger partial charge in [-0.3, -0.25) is 4.98 Å². The molecule has 0 N–H and O–H groups in total. The second-order valence-corrected chi connectivity index (χ2v) is 3.43. The normalized spacial score (nSPS) is 10.4. The maximum absolute atomic E-state index is 12.4. The molecule has 0 aliphatic rings. The van der Waals surface area contributed by atoms with Gasteiger partial charge >= 0.3 is 5.97 Å². The average molecular weight is 313 g/mol. The van der Waals surface area contributed by atoms with Crippen LogP contribution in [0.25, 0.3) is 0 Å². The summed E-state index contributed by atoms with van der Waals surface area (Å²) in [6, 6.07) is 1.35. The van der Waals surface area contributed by atoms with Gasteiger partial charge in [0, 0.05) is 6.20 Å². The second-order valence-electron chi connectivity index (χ2n) is 2.35. The standard InChI is InChI=1S/C8H6F2INO2/c1-14-8(13)4-2-3-12-6(5(4)11)7(9)10/h2-3,7H,1H3. The Bertz CT molecular complexity index is 357. The van der Waals surface area contributed by atoms with Crippen molar-refractivity contribution in [3.8, 4) is 0 Å². The third-order valence-corrected chi connectivity index (χ3v) is 2.66. The van der Waals surface area contributed by atoms with Gasteiger partial charge in [-0.1, -0.05) is 0 Å². The highest BCUT2D eigenvalue weighted by atomic mass is 127. The predicted molar refractivity (Wildman–Crippen MR) is 53.3 cm³/mol. The molecule has 1 rings (SSSR count). The first-order chi connectivity index (χ1) is 6.57. The van der Waals surface area contributed by atoms with Gasteiger partial charge in [0.15, 0.2) is 0 Å². The Kier molecular flexibility index (Phi) is 3.73. The topological polar surface area (TPSA) is 39.2 Å². The molecule has 0 aromatic carbocycles. The van der Waals surface area contributed by atoms with Gasteiger partial charge in [-0.05, 0) is 28.7 Å². The van der Waals surface area contributed by atoms with E-state index in [1.54, 1.807) is 22.6 Å². The number of hydrogen-bond acceptors (Lipinski definition) is 3. The monoisotopic (exact) mass is 313 g/mol. The molecule has 0 spiro atoms. The number of hydrogen-bond donors (Lipinski definition) is 0. The molecule has 0 aliphatic carbocycles. The average Bonchev–Trinajstić information content (AvgIpc) is 2.16. The number of methoxy groups -OCH3 is 1. The van der Waals surface area contributed by atoms with Gasteiger partial charge in [0.25, 0.3) is 6.43 Å². The fourth-order valence-electron chi connectivity index (χ4n) is 0.880. The molecule has 0 atom stereocenters. The number of aromatic nitrogens is 1. The number of nitrogens with zero attached hydrogens (tertiary/aromatic N) is 1. The van der Waals surface area contributed by atoms with E-state index in [2.05, 4.69) is 9.72 Å². The molecule has 3 nitrogen and oxygen atoms in total. The molecule has 1 heterocycles. The van der Waals surface area contributed by atoms with Crippen LogP contribution in [-0.4, -0.2) is 18.1 Å². The van der Waals surface area contributed by atoms with Crippen molar-refractivity contribution in [1.29, 1.82) is 0 Å². The highest BCUT2D eigenvalue weighted by Gasteiger charge is 2.19. The van der Waals surface area contributed by atoms with Crippen molar-refractivity contribution >= 4 is 28.6 Å². The van der Waals surface area contributed by atoms with Crippen LogP contribution >= 0.6 is 22.6 Å². The fraction of sp³-hybridized carbons (Fsp3) is 0.250. The number of alkyl halides is 2. The molecule has 6 heteroatoms. The Morgan fingerprint density at radius 3 is 2.79 bits per heavy atom. The van der Waals surface area contributed by atoms with Crippen molar-refractivity contribution in [3.05, 3.63) is 27.1 Å². The van der Waals surface area contributed by atoms with Crippen LogP contribution in [0.15, 0.2) is 12.3 Å². The van der Waals surface area contributed by atoms with E-state index in [0.717, 1.165) is 6.20 Å². The third-order valence-electron chi connectivity index (χ3n) is 1.53. The number of esters is 1. The van der Waals surface area contributed by atoms with Gasteiger partial charge in [0.2, 0.25) is 0 Å². The molecule has 1 aromatic heterocycles. The van der Waals surface area contributed by atoms with Crippen molar-refractivity contribution in [3.63, 3.8) is 0 Å². The van der Waals surface area contributed by atoms with Crippen LogP contribution in [-0.2, 0) is 4.74 Å². The molecule has 1 aromatic rings. The van der Waals surface area contributed by atoms with Crippen LogP contribution in [0.1, 0.15) is 22.5 Å². The number of rotatable bonds is 2. The van der Waals surface area contributed by atoms with E-state index in [4.69, 9.17) is 0 Å². The van der Waals surface area contributed by atoms with E-state index in [1.165, 1.54) is 13.2 Å². The lowest BCUT2D eigenvalue weighted by atomic mass is 10.2. The molecule has 14 heavy (non-hydrogen) atoms. The summed E-state index contributed by atoms with van der Waals surface area (Å²) in [5, 5.41) is 0. The molecule has 0 saturated heterocycles. The van der Waals surface area contributed by atoms with Gasteiger partial charge in [0.05, 0.1) is 16.2 Å². The third kappa shape index (κ3) is 2.17. The van der Waals surface area contributed by atoms with Gasteiger partial charge in [-0.2, -0.15) is 0 Å².